The summed E-state index contributed by atoms with van der Waals surface area (Å²) in [6.07, 6.45) is 2.26. The third kappa shape index (κ3) is 4.30. The summed E-state index contributed by atoms with van der Waals surface area (Å²) in [6.45, 7) is 0. The number of carbonyl (C=O) groups is 1. The fourth-order valence-electron chi connectivity index (χ4n) is 0.757. The van der Waals surface area contributed by atoms with Crippen LogP contribution < -0.4 is 0 Å². The van der Waals surface area contributed by atoms with Crippen molar-refractivity contribution in [1.29, 1.82) is 0 Å². The van der Waals surface area contributed by atoms with Crippen molar-refractivity contribution in [2.45, 2.75) is 19.3 Å². The van der Waals surface area contributed by atoms with E-state index in [0.29, 0.717) is 5.92 Å². The first kappa shape index (κ1) is 9.47. The van der Waals surface area contributed by atoms with Crippen LogP contribution in [0, 0.1) is 5.92 Å². The minimum Gasteiger partial charge on any atom is -0.447 e. The summed E-state index contributed by atoms with van der Waals surface area (Å²) >= 11 is 0. The van der Waals surface area contributed by atoms with E-state index in [1.165, 1.54) is 0 Å². The number of carbonyl (C=O) groups excluding carboxylic acids is 1. The molecule has 0 aliphatic heterocycles. The molecule has 0 aromatic heterocycles. The molecule has 1 fully saturated rings. The van der Waals surface area contributed by atoms with Crippen molar-refractivity contribution in [2.75, 3.05) is 5.94 Å². The van der Waals surface area contributed by atoms with Gasteiger partial charge in [0, 0.05) is 6.42 Å². The van der Waals surface area contributed by atoms with Crippen molar-refractivity contribution in [1.82, 2.24) is 0 Å². The number of esters is 1. The first-order valence-corrected chi connectivity index (χ1v) is 5.19. The highest BCUT2D eigenvalue weighted by Gasteiger charge is 2.25. The van der Waals surface area contributed by atoms with Gasteiger partial charge in [-0.3, -0.25) is 9.35 Å². The number of hydrogen-bond donors (Lipinski definition) is 1. The van der Waals surface area contributed by atoms with Gasteiger partial charge in [0.05, 0.1) is 0 Å². The topological polar surface area (TPSA) is 80.7 Å². The lowest BCUT2D eigenvalue weighted by atomic mass is 10.3. The average Bonchev–Trinajstić information content (AvgIpc) is 2.66. The van der Waals surface area contributed by atoms with Crippen LogP contribution in [0.3, 0.4) is 0 Å². The van der Waals surface area contributed by atoms with E-state index >= 15 is 0 Å². The van der Waals surface area contributed by atoms with Crippen LogP contribution in [-0.2, 0) is 19.6 Å². The molecule has 0 atom stereocenters. The Kier molecular flexibility index (Phi) is 2.69. The smallest absolute Gasteiger partial charge is 0.307 e. The molecule has 1 aliphatic carbocycles. The molecule has 0 unspecified atom stereocenters. The van der Waals surface area contributed by atoms with E-state index in [2.05, 4.69) is 4.74 Å². The van der Waals surface area contributed by atoms with E-state index < -0.39 is 22.0 Å². The molecule has 5 nitrogen and oxygen atoms in total. The molecule has 1 aliphatic rings. The standard InChI is InChI=1S/C6H10O5S/c7-6(3-5-1-2-5)11-4-12(8,9)10/h5H,1-4H2,(H,8,9,10). The zero-order chi connectivity index (χ0) is 9.19. The maximum Gasteiger partial charge on any atom is 0.307 e. The van der Waals surface area contributed by atoms with Gasteiger partial charge < -0.3 is 4.74 Å². The zero-order valence-corrected chi connectivity index (χ0v) is 7.21. The van der Waals surface area contributed by atoms with Gasteiger partial charge in [-0.1, -0.05) is 0 Å². The van der Waals surface area contributed by atoms with E-state index in [1.54, 1.807) is 0 Å². The zero-order valence-electron chi connectivity index (χ0n) is 6.39. The molecule has 1 saturated carbocycles. The van der Waals surface area contributed by atoms with Crippen molar-refractivity contribution >= 4 is 16.1 Å². The summed E-state index contributed by atoms with van der Waals surface area (Å²) < 4.78 is 32.7. The van der Waals surface area contributed by atoms with Crippen molar-refractivity contribution in [3.8, 4) is 0 Å². The van der Waals surface area contributed by atoms with Crippen LogP contribution in [-0.4, -0.2) is 24.9 Å². The molecular formula is C6H10O5S. The predicted octanol–water partition coefficient (Wildman–Crippen LogP) is 0.175. The Morgan fingerprint density at radius 1 is 1.50 bits per heavy atom. The second-order valence-electron chi connectivity index (χ2n) is 2.86. The van der Waals surface area contributed by atoms with Gasteiger partial charge in [-0.05, 0) is 18.8 Å². The van der Waals surface area contributed by atoms with Gasteiger partial charge in [-0.15, -0.1) is 0 Å². The van der Waals surface area contributed by atoms with Gasteiger partial charge in [0.2, 0.25) is 5.94 Å². The first-order valence-electron chi connectivity index (χ1n) is 3.58. The lowest BCUT2D eigenvalue weighted by molar-refractivity contribution is -0.142. The molecule has 1 rings (SSSR count). The lowest BCUT2D eigenvalue weighted by Crippen LogP contribution is -2.13. The van der Waals surface area contributed by atoms with Crippen LogP contribution in [0.1, 0.15) is 19.3 Å². The fourth-order valence-corrected chi connectivity index (χ4v) is 1.04. The Balaban J connectivity index is 2.17. The van der Waals surface area contributed by atoms with Crippen LogP contribution in [0.5, 0.6) is 0 Å². The SMILES string of the molecule is O=C(CC1CC1)OCS(=O)(=O)O. The van der Waals surface area contributed by atoms with Crippen LogP contribution >= 0.6 is 0 Å². The molecule has 12 heavy (non-hydrogen) atoms. The molecule has 0 aromatic carbocycles. The van der Waals surface area contributed by atoms with Crippen molar-refractivity contribution in [3.05, 3.63) is 0 Å². The quantitative estimate of drug-likeness (QED) is 0.510. The molecule has 0 amide bonds. The highest BCUT2D eigenvalue weighted by atomic mass is 32.2. The Morgan fingerprint density at radius 3 is 2.50 bits per heavy atom. The van der Waals surface area contributed by atoms with Crippen LogP contribution in [0.2, 0.25) is 0 Å². The molecule has 1 N–H and O–H groups in total. The average molecular weight is 194 g/mol. The van der Waals surface area contributed by atoms with Gasteiger partial charge in [-0.2, -0.15) is 8.42 Å². The summed E-state index contributed by atoms with van der Waals surface area (Å²) in [6, 6.07) is 0. The molecular weight excluding hydrogens is 184 g/mol. The number of rotatable bonds is 4. The van der Waals surface area contributed by atoms with E-state index in [4.69, 9.17) is 4.55 Å². The number of hydrogen-bond acceptors (Lipinski definition) is 4. The van der Waals surface area contributed by atoms with Gasteiger partial charge in [0.25, 0.3) is 0 Å². The van der Waals surface area contributed by atoms with Gasteiger partial charge in [0.15, 0.2) is 0 Å². The van der Waals surface area contributed by atoms with Gasteiger partial charge in [-0.25, -0.2) is 0 Å². The molecule has 0 aromatic rings. The fraction of sp³-hybridized carbons (Fsp3) is 0.833. The predicted molar refractivity (Wildman–Crippen MR) is 39.8 cm³/mol. The highest BCUT2D eigenvalue weighted by molar-refractivity contribution is 7.85. The van der Waals surface area contributed by atoms with E-state index in [1.807, 2.05) is 0 Å². The third-order valence-electron chi connectivity index (χ3n) is 1.52. The Morgan fingerprint density at radius 2 is 2.08 bits per heavy atom. The Bertz CT molecular complexity index is 264. The summed E-state index contributed by atoms with van der Waals surface area (Å²) in [5.41, 5.74) is 0. The Hall–Kier alpha value is -0.620. The summed E-state index contributed by atoms with van der Waals surface area (Å²) in [7, 11) is -4.18. The third-order valence-corrected chi connectivity index (χ3v) is 1.94. The van der Waals surface area contributed by atoms with Crippen LogP contribution in [0.4, 0.5) is 0 Å². The molecule has 0 radical (unpaired) electrons. The number of ether oxygens (including phenoxy) is 1. The lowest BCUT2D eigenvalue weighted by Gasteiger charge is -2.00. The minimum atomic E-state index is -4.18. The van der Waals surface area contributed by atoms with Crippen LogP contribution in [0.25, 0.3) is 0 Å². The highest BCUT2D eigenvalue weighted by Crippen LogP contribution is 2.32. The largest absolute Gasteiger partial charge is 0.447 e. The molecule has 0 saturated heterocycles. The van der Waals surface area contributed by atoms with E-state index in [-0.39, 0.29) is 6.42 Å². The molecule has 0 bridgehead atoms. The van der Waals surface area contributed by atoms with Crippen molar-refractivity contribution in [3.63, 3.8) is 0 Å². The molecule has 0 spiro atoms. The van der Waals surface area contributed by atoms with Crippen molar-refractivity contribution < 1.29 is 22.5 Å². The van der Waals surface area contributed by atoms with Crippen molar-refractivity contribution in [2.24, 2.45) is 5.92 Å². The minimum absolute atomic E-state index is 0.259. The molecule has 6 heteroatoms. The van der Waals surface area contributed by atoms with Gasteiger partial charge >= 0.3 is 16.1 Å². The monoisotopic (exact) mass is 194 g/mol. The maximum absolute atomic E-state index is 10.7. The normalized spacial score (nSPS) is 17.4. The van der Waals surface area contributed by atoms with Crippen LogP contribution in [0.15, 0.2) is 0 Å². The van der Waals surface area contributed by atoms with E-state index in [0.717, 1.165) is 12.8 Å². The second-order valence-corrected chi connectivity index (χ2v) is 4.26. The van der Waals surface area contributed by atoms with Gasteiger partial charge in [0.1, 0.15) is 0 Å². The van der Waals surface area contributed by atoms with E-state index in [9.17, 15) is 13.2 Å². The summed E-state index contributed by atoms with van der Waals surface area (Å²) in [5.74, 6) is -1.13. The molecule has 0 heterocycles. The molecule has 70 valence electrons. The maximum atomic E-state index is 10.7. The Labute approximate surface area is 70.5 Å². The summed E-state index contributed by atoms with van der Waals surface area (Å²) in [5, 5.41) is 0. The first-order chi connectivity index (χ1) is 5.47. The second kappa shape index (κ2) is 3.40. The summed E-state index contributed by atoms with van der Waals surface area (Å²) in [4.78, 5) is 10.7.